The van der Waals surface area contributed by atoms with Crippen molar-refractivity contribution in [2.75, 3.05) is 7.11 Å². The minimum atomic E-state index is -0.959. The molecule has 2 atom stereocenters. The third-order valence-electron chi connectivity index (χ3n) is 4.29. The number of halogens is 1. The normalized spacial score (nSPS) is 12.5. The van der Waals surface area contributed by atoms with Crippen LogP contribution in [0.25, 0.3) is 0 Å². The Balaban J connectivity index is 2.13. The number of rotatable bonds is 9. The summed E-state index contributed by atoms with van der Waals surface area (Å²) in [6, 6.07) is 12.5. The first-order chi connectivity index (χ1) is 13.8. The highest BCUT2D eigenvalue weighted by atomic mass is 35.5. The molecule has 8 heteroatoms. The number of nitrogens with two attached hydrogens (primary N) is 1. The van der Waals surface area contributed by atoms with Crippen molar-refractivity contribution in [2.24, 2.45) is 5.73 Å². The van der Waals surface area contributed by atoms with Crippen LogP contribution in [0.3, 0.4) is 0 Å². The number of carbonyl (C=O) groups excluding carboxylic acids is 3. The van der Waals surface area contributed by atoms with Gasteiger partial charge in [0, 0.05) is 19.8 Å². The van der Waals surface area contributed by atoms with Crippen LogP contribution in [-0.2, 0) is 27.2 Å². The average molecular weight is 418 g/mol. The van der Waals surface area contributed by atoms with Gasteiger partial charge in [-0.2, -0.15) is 0 Å². The molecule has 0 aromatic heterocycles. The minimum absolute atomic E-state index is 0.156. The molecule has 2 aromatic carbocycles. The summed E-state index contributed by atoms with van der Waals surface area (Å²) in [5.41, 5.74) is 7.06. The smallest absolute Gasteiger partial charge is 0.243 e. The lowest BCUT2D eigenvalue weighted by Gasteiger charge is -2.22. The molecule has 29 heavy (non-hydrogen) atoms. The molecule has 0 aliphatic carbocycles. The van der Waals surface area contributed by atoms with E-state index in [-0.39, 0.29) is 18.7 Å². The molecular weight excluding hydrogens is 394 g/mol. The molecule has 7 nitrogen and oxygen atoms in total. The lowest BCUT2D eigenvalue weighted by atomic mass is 10.0. The van der Waals surface area contributed by atoms with Crippen LogP contribution in [0.15, 0.2) is 48.5 Å². The number of hydrogen-bond acceptors (Lipinski definition) is 4. The van der Waals surface area contributed by atoms with Crippen molar-refractivity contribution in [1.82, 2.24) is 10.6 Å². The number of hydrogen-bond donors (Lipinski definition) is 3. The van der Waals surface area contributed by atoms with E-state index in [9.17, 15) is 14.4 Å². The third kappa shape index (κ3) is 6.80. The molecule has 0 saturated heterocycles. The summed E-state index contributed by atoms with van der Waals surface area (Å²) in [7, 11) is 1.50. The van der Waals surface area contributed by atoms with E-state index >= 15 is 0 Å². The molecule has 0 aliphatic heterocycles. The van der Waals surface area contributed by atoms with E-state index in [1.165, 1.54) is 14.0 Å². The van der Waals surface area contributed by atoms with Crippen molar-refractivity contribution in [3.8, 4) is 5.75 Å². The van der Waals surface area contributed by atoms with E-state index in [2.05, 4.69) is 10.6 Å². The Kier molecular flexibility index (Phi) is 8.03. The fraction of sp³-hybridized carbons (Fsp3) is 0.286. The summed E-state index contributed by atoms with van der Waals surface area (Å²) in [4.78, 5) is 36.2. The fourth-order valence-electron chi connectivity index (χ4n) is 2.87. The number of methoxy groups -OCH3 is 1. The zero-order chi connectivity index (χ0) is 21.4. The molecular formula is C21H24ClN3O4. The fourth-order valence-corrected chi connectivity index (χ4v) is 3.15. The second-order valence-electron chi connectivity index (χ2n) is 6.58. The first kappa shape index (κ1) is 22.2. The quantitative estimate of drug-likeness (QED) is 0.575. The van der Waals surface area contributed by atoms with Gasteiger partial charge in [0.15, 0.2) is 0 Å². The number of carbonyl (C=O) groups is 3. The Morgan fingerprint density at radius 1 is 1.00 bits per heavy atom. The van der Waals surface area contributed by atoms with Crippen molar-refractivity contribution in [3.05, 3.63) is 64.7 Å². The maximum Gasteiger partial charge on any atom is 0.243 e. The van der Waals surface area contributed by atoms with Gasteiger partial charge < -0.3 is 21.1 Å². The van der Waals surface area contributed by atoms with E-state index in [1.807, 2.05) is 30.3 Å². The highest BCUT2D eigenvalue weighted by Crippen LogP contribution is 2.25. The molecule has 2 rings (SSSR count). The van der Waals surface area contributed by atoms with E-state index in [0.29, 0.717) is 16.3 Å². The number of amides is 3. The second kappa shape index (κ2) is 10.5. The molecule has 0 bridgehead atoms. The predicted molar refractivity (Wildman–Crippen MR) is 111 cm³/mol. The second-order valence-corrected chi connectivity index (χ2v) is 6.99. The van der Waals surface area contributed by atoms with Gasteiger partial charge in [0.25, 0.3) is 0 Å². The van der Waals surface area contributed by atoms with Crippen molar-refractivity contribution in [2.45, 2.75) is 31.8 Å². The highest BCUT2D eigenvalue weighted by molar-refractivity contribution is 6.32. The minimum Gasteiger partial charge on any atom is -0.495 e. The van der Waals surface area contributed by atoms with Crippen LogP contribution >= 0.6 is 11.6 Å². The molecule has 0 heterocycles. The summed E-state index contributed by atoms with van der Waals surface area (Å²) in [5.74, 6) is -1.03. The third-order valence-corrected chi connectivity index (χ3v) is 4.59. The zero-order valence-electron chi connectivity index (χ0n) is 16.3. The van der Waals surface area contributed by atoms with Gasteiger partial charge in [0.05, 0.1) is 12.1 Å². The van der Waals surface area contributed by atoms with Gasteiger partial charge in [-0.15, -0.1) is 0 Å². The number of ether oxygens (including phenoxy) is 1. The molecule has 4 N–H and O–H groups in total. The molecule has 2 aromatic rings. The largest absolute Gasteiger partial charge is 0.495 e. The Hall–Kier alpha value is -3.06. The molecule has 0 saturated carbocycles. The zero-order valence-corrected chi connectivity index (χ0v) is 17.0. The lowest BCUT2D eigenvalue weighted by Crippen LogP contribution is -2.54. The van der Waals surface area contributed by atoms with Gasteiger partial charge in [0.1, 0.15) is 17.8 Å². The average Bonchev–Trinajstić information content (AvgIpc) is 2.67. The molecule has 0 spiro atoms. The van der Waals surface area contributed by atoms with Crippen LogP contribution < -0.4 is 21.1 Å². The van der Waals surface area contributed by atoms with Gasteiger partial charge >= 0.3 is 0 Å². The predicted octanol–water partition coefficient (Wildman–Crippen LogP) is 1.61. The monoisotopic (exact) mass is 417 g/mol. The van der Waals surface area contributed by atoms with Gasteiger partial charge in [0.2, 0.25) is 17.7 Å². The van der Waals surface area contributed by atoms with E-state index in [4.69, 9.17) is 22.1 Å². The van der Waals surface area contributed by atoms with Crippen LogP contribution in [0.2, 0.25) is 5.02 Å². The van der Waals surface area contributed by atoms with E-state index in [0.717, 1.165) is 5.56 Å². The SMILES string of the molecule is COc1ccc(C[C@@H](NC(=O)[C@@H](Cc2ccccc2)NC(C)=O)C(N)=O)cc1Cl. The van der Waals surface area contributed by atoms with Crippen LogP contribution in [0, 0.1) is 0 Å². The molecule has 0 radical (unpaired) electrons. The summed E-state index contributed by atoms with van der Waals surface area (Å²) in [5, 5.41) is 5.64. The first-order valence-electron chi connectivity index (χ1n) is 9.03. The summed E-state index contributed by atoms with van der Waals surface area (Å²) < 4.78 is 5.11. The Morgan fingerprint density at radius 3 is 2.21 bits per heavy atom. The van der Waals surface area contributed by atoms with Gasteiger partial charge in [-0.3, -0.25) is 14.4 Å². The van der Waals surface area contributed by atoms with Crippen LogP contribution in [-0.4, -0.2) is 36.9 Å². The Morgan fingerprint density at radius 2 is 1.66 bits per heavy atom. The van der Waals surface area contributed by atoms with Crippen LogP contribution in [0.5, 0.6) is 5.75 Å². The van der Waals surface area contributed by atoms with Crippen LogP contribution in [0.4, 0.5) is 0 Å². The van der Waals surface area contributed by atoms with Crippen molar-refractivity contribution in [1.29, 1.82) is 0 Å². The maximum atomic E-state index is 12.8. The highest BCUT2D eigenvalue weighted by Gasteiger charge is 2.25. The maximum absolute atomic E-state index is 12.8. The molecule has 3 amide bonds. The molecule has 0 aliphatic rings. The Bertz CT molecular complexity index is 873. The number of benzene rings is 2. The van der Waals surface area contributed by atoms with Crippen molar-refractivity contribution >= 4 is 29.3 Å². The van der Waals surface area contributed by atoms with Crippen molar-refractivity contribution in [3.63, 3.8) is 0 Å². The summed E-state index contributed by atoms with van der Waals surface area (Å²) in [6.07, 6.45) is 0.439. The molecule has 0 unspecified atom stereocenters. The van der Waals surface area contributed by atoms with Crippen LogP contribution in [0.1, 0.15) is 18.1 Å². The molecule has 154 valence electrons. The van der Waals surface area contributed by atoms with E-state index < -0.39 is 23.9 Å². The topological polar surface area (TPSA) is 111 Å². The standard InChI is InChI=1S/C21H24ClN3O4/c1-13(26)24-18(11-14-6-4-3-5-7-14)21(28)25-17(20(23)27)12-15-8-9-19(29-2)16(22)10-15/h3-10,17-18H,11-12H2,1-2H3,(H2,23,27)(H,24,26)(H,25,28)/t17-,18-/m1/s1. The van der Waals surface area contributed by atoms with Gasteiger partial charge in [-0.1, -0.05) is 48.0 Å². The molecule has 0 fully saturated rings. The summed E-state index contributed by atoms with van der Waals surface area (Å²) >= 11 is 6.12. The lowest BCUT2D eigenvalue weighted by molar-refractivity contribution is -0.130. The Labute approximate surface area is 174 Å². The first-order valence-corrected chi connectivity index (χ1v) is 9.41. The van der Waals surface area contributed by atoms with Gasteiger partial charge in [-0.25, -0.2) is 0 Å². The summed E-state index contributed by atoms with van der Waals surface area (Å²) in [6.45, 7) is 1.33. The van der Waals surface area contributed by atoms with Crippen molar-refractivity contribution < 1.29 is 19.1 Å². The number of primary amides is 1. The van der Waals surface area contributed by atoms with Gasteiger partial charge in [-0.05, 0) is 23.3 Å². The van der Waals surface area contributed by atoms with E-state index in [1.54, 1.807) is 18.2 Å². The number of nitrogens with one attached hydrogen (secondary N) is 2.